The summed E-state index contributed by atoms with van der Waals surface area (Å²) in [6, 6.07) is 2.67. The van der Waals surface area contributed by atoms with Crippen molar-refractivity contribution in [3.63, 3.8) is 0 Å². The summed E-state index contributed by atoms with van der Waals surface area (Å²) in [6.07, 6.45) is -1.34. The monoisotopic (exact) mass is 296 g/mol. The smallest absolute Gasteiger partial charge is 0.261 e. The molecule has 6 nitrogen and oxygen atoms in total. The van der Waals surface area contributed by atoms with Crippen LogP contribution in [-0.2, 0) is 21.4 Å². The van der Waals surface area contributed by atoms with Crippen LogP contribution in [0.2, 0.25) is 0 Å². The van der Waals surface area contributed by atoms with Gasteiger partial charge in [-0.2, -0.15) is 0 Å². The highest BCUT2D eigenvalue weighted by Gasteiger charge is 2.14. The molecule has 9 heteroatoms. The molecule has 2 N–H and O–H groups in total. The third-order valence-electron chi connectivity index (χ3n) is 2.04. The summed E-state index contributed by atoms with van der Waals surface area (Å²) < 4.78 is 53.6. The molecular weight excluding hydrogens is 282 g/mol. The first-order valence-electron chi connectivity index (χ1n) is 5.37. The molecule has 19 heavy (non-hydrogen) atoms. The molecule has 0 spiro atoms. The second-order valence-electron chi connectivity index (χ2n) is 3.53. The second-order valence-corrected chi connectivity index (χ2v) is 5.24. The fourth-order valence-electron chi connectivity index (χ4n) is 1.16. The number of aromatic nitrogens is 1. The van der Waals surface area contributed by atoms with E-state index < -0.39 is 23.1 Å². The first-order chi connectivity index (χ1) is 8.95. The summed E-state index contributed by atoms with van der Waals surface area (Å²) in [7, 11) is -3.80. The first kappa shape index (κ1) is 15.9. The van der Waals surface area contributed by atoms with Gasteiger partial charge in [-0.1, -0.05) is 6.07 Å². The Kier molecular flexibility index (Phi) is 6.22. The maximum atomic E-state index is 11.7. The van der Waals surface area contributed by atoms with Crippen LogP contribution < -0.4 is 4.72 Å². The number of halogens is 2. The molecule has 0 atom stereocenters. The number of aliphatic hydroxyl groups is 1. The number of ether oxygens (including phenoxy) is 1. The zero-order valence-corrected chi connectivity index (χ0v) is 10.7. The molecule has 1 rings (SSSR count). The minimum atomic E-state index is -3.80. The Balaban J connectivity index is 2.46. The van der Waals surface area contributed by atoms with Crippen LogP contribution in [-0.4, -0.2) is 44.7 Å². The van der Waals surface area contributed by atoms with Crippen molar-refractivity contribution in [2.45, 2.75) is 18.1 Å². The largest absolute Gasteiger partial charge is 0.392 e. The Hall–Kier alpha value is -1.16. The molecule has 1 heterocycles. The van der Waals surface area contributed by atoms with Crippen molar-refractivity contribution in [2.75, 3.05) is 19.8 Å². The number of hydrogen-bond donors (Lipinski definition) is 2. The first-order valence-corrected chi connectivity index (χ1v) is 6.85. The summed E-state index contributed by atoms with van der Waals surface area (Å²) in [6.45, 7) is -1.25. The lowest BCUT2D eigenvalue weighted by Gasteiger charge is -2.07. The minimum absolute atomic E-state index is 0.127. The molecule has 0 aliphatic heterocycles. The molecule has 0 aliphatic rings. The van der Waals surface area contributed by atoms with E-state index in [1.165, 1.54) is 18.3 Å². The standard InChI is InChI=1S/C10H14F2N2O4S/c11-9(12)7-18-4-3-14-19(16,17)10-2-1-8(6-15)5-13-10/h1-2,5,9,14-15H,3-4,6-7H2. The van der Waals surface area contributed by atoms with Crippen LogP contribution in [0.4, 0.5) is 8.78 Å². The lowest BCUT2D eigenvalue weighted by atomic mass is 10.3. The normalized spacial score (nSPS) is 12.0. The Morgan fingerprint density at radius 2 is 2.16 bits per heavy atom. The van der Waals surface area contributed by atoms with Gasteiger partial charge < -0.3 is 9.84 Å². The maximum Gasteiger partial charge on any atom is 0.261 e. The predicted molar refractivity (Wildman–Crippen MR) is 62.2 cm³/mol. The average molecular weight is 296 g/mol. The average Bonchev–Trinajstić information content (AvgIpc) is 2.38. The Labute approximate surface area is 109 Å². The predicted octanol–water partition coefficient (Wildman–Crippen LogP) is 0.134. The van der Waals surface area contributed by atoms with Crippen LogP contribution in [0.5, 0.6) is 0 Å². The maximum absolute atomic E-state index is 11.7. The van der Waals surface area contributed by atoms with Crippen molar-refractivity contribution in [1.82, 2.24) is 9.71 Å². The highest BCUT2D eigenvalue weighted by Crippen LogP contribution is 2.06. The summed E-state index contributed by atoms with van der Waals surface area (Å²) in [5.41, 5.74) is 0.485. The Bertz CT molecular complexity index is 479. The Morgan fingerprint density at radius 3 is 2.68 bits per heavy atom. The number of pyridine rings is 1. The van der Waals surface area contributed by atoms with Gasteiger partial charge >= 0.3 is 0 Å². The number of sulfonamides is 1. The van der Waals surface area contributed by atoms with Gasteiger partial charge in [-0.3, -0.25) is 0 Å². The molecule has 0 amide bonds. The highest BCUT2D eigenvalue weighted by molar-refractivity contribution is 7.89. The quantitative estimate of drug-likeness (QED) is 0.666. The summed E-state index contributed by atoms with van der Waals surface area (Å²) in [4.78, 5) is 3.68. The number of alkyl halides is 2. The van der Waals surface area contributed by atoms with E-state index in [9.17, 15) is 17.2 Å². The van der Waals surface area contributed by atoms with E-state index in [4.69, 9.17) is 5.11 Å². The van der Waals surface area contributed by atoms with Crippen molar-refractivity contribution in [1.29, 1.82) is 0 Å². The molecule has 0 bridgehead atoms. The van der Waals surface area contributed by atoms with Crippen LogP contribution in [0.25, 0.3) is 0 Å². The third kappa shape index (κ3) is 5.55. The van der Waals surface area contributed by atoms with Gasteiger partial charge in [-0.05, 0) is 11.6 Å². The highest BCUT2D eigenvalue weighted by atomic mass is 32.2. The van der Waals surface area contributed by atoms with Crippen molar-refractivity contribution in [3.8, 4) is 0 Å². The van der Waals surface area contributed by atoms with E-state index in [1.807, 2.05) is 0 Å². The summed E-state index contributed by atoms with van der Waals surface area (Å²) >= 11 is 0. The van der Waals surface area contributed by atoms with E-state index in [0.717, 1.165) is 0 Å². The molecule has 108 valence electrons. The summed E-state index contributed by atoms with van der Waals surface area (Å²) in [5, 5.41) is 8.58. The minimum Gasteiger partial charge on any atom is -0.392 e. The lowest BCUT2D eigenvalue weighted by Crippen LogP contribution is -2.28. The number of nitrogens with zero attached hydrogens (tertiary/aromatic N) is 1. The van der Waals surface area contributed by atoms with Crippen LogP contribution >= 0.6 is 0 Å². The van der Waals surface area contributed by atoms with Crippen LogP contribution in [0.15, 0.2) is 23.4 Å². The zero-order chi connectivity index (χ0) is 14.3. The lowest BCUT2D eigenvalue weighted by molar-refractivity contribution is 0.0199. The van der Waals surface area contributed by atoms with Crippen LogP contribution in [0.1, 0.15) is 5.56 Å². The molecule has 0 fully saturated rings. The van der Waals surface area contributed by atoms with Crippen molar-refractivity contribution in [2.24, 2.45) is 0 Å². The number of rotatable bonds is 8. The molecular formula is C10H14F2N2O4S. The van der Waals surface area contributed by atoms with Gasteiger partial charge in [0.1, 0.15) is 6.61 Å². The SMILES string of the molecule is O=S(=O)(NCCOCC(F)F)c1ccc(CO)cn1. The molecule has 1 aromatic heterocycles. The van der Waals surface area contributed by atoms with E-state index >= 15 is 0 Å². The van der Waals surface area contributed by atoms with E-state index in [0.29, 0.717) is 5.56 Å². The van der Waals surface area contributed by atoms with E-state index in [1.54, 1.807) is 0 Å². The van der Waals surface area contributed by atoms with E-state index in [2.05, 4.69) is 14.4 Å². The molecule has 0 saturated heterocycles. The van der Waals surface area contributed by atoms with Crippen LogP contribution in [0, 0.1) is 0 Å². The number of nitrogens with one attached hydrogen (secondary N) is 1. The van der Waals surface area contributed by atoms with Gasteiger partial charge in [0, 0.05) is 12.7 Å². The molecule has 0 saturated carbocycles. The van der Waals surface area contributed by atoms with Gasteiger partial charge in [0.05, 0.1) is 13.2 Å². The fourth-order valence-corrected chi connectivity index (χ4v) is 2.10. The van der Waals surface area contributed by atoms with Crippen molar-refractivity contribution < 1.29 is 27.0 Å². The van der Waals surface area contributed by atoms with Gasteiger partial charge in [0.15, 0.2) is 5.03 Å². The molecule has 1 aromatic rings. The second kappa shape index (κ2) is 7.43. The zero-order valence-electron chi connectivity index (χ0n) is 9.92. The van der Waals surface area contributed by atoms with Crippen molar-refractivity contribution >= 4 is 10.0 Å². The topological polar surface area (TPSA) is 88.5 Å². The molecule has 0 aromatic carbocycles. The van der Waals surface area contributed by atoms with Gasteiger partial charge in [-0.15, -0.1) is 0 Å². The molecule has 0 radical (unpaired) electrons. The molecule has 0 unspecified atom stereocenters. The third-order valence-corrected chi connectivity index (χ3v) is 3.41. The molecule has 0 aliphatic carbocycles. The summed E-state index contributed by atoms with van der Waals surface area (Å²) in [5.74, 6) is 0. The Morgan fingerprint density at radius 1 is 1.42 bits per heavy atom. The van der Waals surface area contributed by atoms with E-state index in [-0.39, 0.29) is 24.8 Å². The van der Waals surface area contributed by atoms with Gasteiger partial charge in [0.2, 0.25) is 0 Å². The van der Waals surface area contributed by atoms with Gasteiger partial charge in [0.25, 0.3) is 16.4 Å². The number of hydrogen-bond acceptors (Lipinski definition) is 5. The fraction of sp³-hybridized carbons (Fsp3) is 0.500. The van der Waals surface area contributed by atoms with Crippen molar-refractivity contribution in [3.05, 3.63) is 23.9 Å². The van der Waals surface area contributed by atoms with Gasteiger partial charge in [-0.25, -0.2) is 26.9 Å². The van der Waals surface area contributed by atoms with Crippen LogP contribution in [0.3, 0.4) is 0 Å². The number of aliphatic hydroxyl groups excluding tert-OH is 1.